The van der Waals surface area contributed by atoms with Crippen molar-refractivity contribution in [2.24, 2.45) is 5.14 Å². The lowest BCUT2D eigenvalue weighted by molar-refractivity contribution is 0.336. The maximum Gasteiger partial charge on any atom is 0.238 e. The highest BCUT2D eigenvalue weighted by Crippen LogP contribution is 2.28. The molecule has 0 radical (unpaired) electrons. The topological polar surface area (TPSA) is 104 Å². The van der Waals surface area contributed by atoms with Crippen LogP contribution in [0.3, 0.4) is 0 Å². The Kier molecular flexibility index (Phi) is 5.17. The number of rotatable bonds is 6. The molecule has 0 spiro atoms. The highest BCUT2D eigenvalue weighted by Gasteiger charge is 2.15. The Morgan fingerprint density at radius 1 is 1.20 bits per heavy atom. The van der Waals surface area contributed by atoms with Crippen molar-refractivity contribution in [1.29, 1.82) is 0 Å². The first-order chi connectivity index (χ1) is 9.00. The normalized spacial score (nSPS) is 12.7. The molecule has 0 aliphatic carbocycles. The third-order valence-electron chi connectivity index (χ3n) is 2.64. The number of hydrogen-bond acceptors (Lipinski definition) is 5. The molecular formula is C12H19NO5S2. The second-order valence-corrected chi connectivity index (χ2v) is 8.70. The van der Waals surface area contributed by atoms with Gasteiger partial charge in [-0.2, -0.15) is 0 Å². The zero-order valence-corrected chi connectivity index (χ0v) is 13.3. The largest absolute Gasteiger partial charge is 0.492 e. The van der Waals surface area contributed by atoms with E-state index in [0.717, 1.165) is 6.26 Å². The van der Waals surface area contributed by atoms with Crippen molar-refractivity contribution in [3.8, 4) is 5.75 Å². The van der Waals surface area contributed by atoms with Gasteiger partial charge in [0.2, 0.25) is 10.0 Å². The summed E-state index contributed by atoms with van der Waals surface area (Å²) in [6.45, 7) is 3.78. The summed E-state index contributed by atoms with van der Waals surface area (Å²) in [5.41, 5.74) is 0.671. The van der Waals surface area contributed by atoms with Crippen molar-refractivity contribution in [1.82, 2.24) is 0 Å². The van der Waals surface area contributed by atoms with Gasteiger partial charge in [0.05, 0.1) is 10.6 Å². The Hall–Kier alpha value is -1.12. The summed E-state index contributed by atoms with van der Waals surface area (Å²) in [5.74, 6) is 0.391. The van der Waals surface area contributed by atoms with E-state index in [-0.39, 0.29) is 23.2 Å². The summed E-state index contributed by atoms with van der Waals surface area (Å²) in [4.78, 5) is 0.0108. The number of benzene rings is 1. The molecule has 0 saturated carbocycles. The van der Waals surface area contributed by atoms with E-state index in [1.165, 1.54) is 18.2 Å². The van der Waals surface area contributed by atoms with Crippen molar-refractivity contribution in [3.05, 3.63) is 23.8 Å². The summed E-state index contributed by atoms with van der Waals surface area (Å²) >= 11 is 0. The fraction of sp³-hybridized carbons (Fsp3) is 0.500. The van der Waals surface area contributed by atoms with E-state index in [0.29, 0.717) is 11.3 Å². The molecule has 0 aromatic heterocycles. The van der Waals surface area contributed by atoms with Crippen LogP contribution in [0.1, 0.15) is 25.3 Å². The van der Waals surface area contributed by atoms with Gasteiger partial charge < -0.3 is 4.74 Å². The molecule has 0 bridgehead atoms. The van der Waals surface area contributed by atoms with E-state index in [9.17, 15) is 16.8 Å². The average molecular weight is 321 g/mol. The van der Waals surface area contributed by atoms with Crippen LogP contribution >= 0.6 is 0 Å². The summed E-state index contributed by atoms with van der Waals surface area (Å²) in [6.07, 6.45) is 1.13. The van der Waals surface area contributed by atoms with Gasteiger partial charge in [-0.25, -0.2) is 22.0 Å². The van der Waals surface area contributed by atoms with Crippen molar-refractivity contribution in [2.45, 2.75) is 24.7 Å². The molecule has 0 atom stereocenters. The molecule has 0 saturated heterocycles. The van der Waals surface area contributed by atoms with Crippen molar-refractivity contribution >= 4 is 19.9 Å². The van der Waals surface area contributed by atoms with E-state index in [4.69, 9.17) is 9.88 Å². The molecule has 0 heterocycles. The molecule has 1 rings (SSSR count). The van der Waals surface area contributed by atoms with E-state index in [1.54, 1.807) is 0 Å². The summed E-state index contributed by atoms with van der Waals surface area (Å²) in [6, 6.07) is 4.30. The third-order valence-corrected chi connectivity index (χ3v) is 4.46. The number of ether oxygens (including phenoxy) is 1. The Balaban J connectivity index is 3.03. The summed E-state index contributed by atoms with van der Waals surface area (Å²) in [7, 11) is -6.87. The van der Waals surface area contributed by atoms with Crippen LogP contribution in [0.25, 0.3) is 0 Å². The molecule has 0 aliphatic rings. The van der Waals surface area contributed by atoms with Crippen molar-refractivity contribution in [2.75, 3.05) is 18.6 Å². The van der Waals surface area contributed by atoms with Crippen LogP contribution in [0.2, 0.25) is 0 Å². The molecule has 0 fully saturated rings. The van der Waals surface area contributed by atoms with Gasteiger partial charge in [0, 0.05) is 6.26 Å². The van der Waals surface area contributed by atoms with Crippen LogP contribution in [0.5, 0.6) is 5.75 Å². The Labute approximate surface area is 119 Å². The second kappa shape index (κ2) is 6.11. The van der Waals surface area contributed by atoms with E-state index < -0.39 is 19.9 Å². The maximum atomic E-state index is 11.3. The zero-order valence-electron chi connectivity index (χ0n) is 11.7. The Morgan fingerprint density at radius 3 is 2.25 bits per heavy atom. The van der Waals surface area contributed by atoms with Crippen LogP contribution in [0.4, 0.5) is 0 Å². The van der Waals surface area contributed by atoms with Crippen molar-refractivity contribution < 1.29 is 21.6 Å². The quantitative estimate of drug-likeness (QED) is 0.837. The van der Waals surface area contributed by atoms with Gasteiger partial charge in [0.15, 0.2) is 9.84 Å². The van der Waals surface area contributed by atoms with E-state index in [2.05, 4.69) is 0 Å². The first kappa shape index (κ1) is 16.9. The number of sulfone groups is 1. The SMILES string of the molecule is CC(C)c1cc(S(N)(=O)=O)ccc1OCCS(C)(=O)=O. The van der Waals surface area contributed by atoms with Gasteiger partial charge in [-0.3, -0.25) is 0 Å². The molecule has 1 aromatic rings. The highest BCUT2D eigenvalue weighted by molar-refractivity contribution is 7.90. The number of primary sulfonamides is 1. The second-order valence-electron chi connectivity index (χ2n) is 4.88. The van der Waals surface area contributed by atoms with Crippen LogP contribution in [-0.2, 0) is 19.9 Å². The molecule has 6 nitrogen and oxygen atoms in total. The number of nitrogens with two attached hydrogens (primary N) is 1. The maximum absolute atomic E-state index is 11.3. The molecule has 8 heteroatoms. The number of sulfonamides is 1. The standard InChI is InChI=1S/C12H19NO5S2/c1-9(2)11-8-10(20(13,16)17)4-5-12(11)18-6-7-19(3,14)15/h4-5,8-9H,6-7H2,1-3H3,(H2,13,16,17). The molecule has 1 aromatic carbocycles. The lowest BCUT2D eigenvalue weighted by Gasteiger charge is -2.15. The van der Waals surface area contributed by atoms with E-state index in [1.807, 2.05) is 13.8 Å². The van der Waals surface area contributed by atoms with Crippen LogP contribution in [0, 0.1) is 0 Å². The minimum Gasteiger partial charge on any atom is -0.492 e. The minimum atomic E-state index is -3.77. The summed E-state index contributed by atoms with van der Waals surface area (Å²) in [5, 5.41) is 5.09. The van der Waals surface area contributed by atoms with Gasteiger partial charge in [0.25, 0.3) is 0 Å². The van der Waals surface area contributed by atoms with Crippen LogP contribution in [0.15, 0.2) is 23.1 Å². The van der Waals surface area contributed by atoms with Gasteiger partial charge in [-0.05, 0) is 29.7 Å². The van der Waals surface area contributed by atoms with Crippen LogP contribution < -0.4 is 9.88 Å². The Morgan fingerprint density at radius 2 is 1.80 bits per heavy atom. The molecule has 20 heavy (non-hydrogen) atoms. The minimum absolute atomic E-state index is 0.0108. The fourth-order valence-electron chi connectivity index (χ4n) is 1.59. The lowest BCUT2D eigenvalue weighted by Crippen LogP contribution is -2.15. The fourth-order valence-corrected chi connectivity index (χ4v) is 2.52. The zero-order chi connectivity index (χ0) is 15.6. The smallest absolute Gasteiger partial charge is 0.238 e. The third kappa shape index (κ3) is 5.10. The monoisotopic (exact) mass is 321 g/mol. The predicted octanol–water partition coefficient (Wildman–Crippen LogP) is 0.881. The van der Waals surface area contributed by atoms with Gasteiger partial charge >= 0.3 is 0 Å². The number of hydrogen-bond donors (Lipinski definition) is 1. The first-order valence-electron chi connectivity index (χ1n) is 5.98. The van der Waals surface area contributed by atoms with Crippen molar-refractivity contribution in [3.63, 3.8) is 0 Å². The van der Waals surface area contributed by atoms with E-state index >= 15 is 0 Å². The van der Waals surface area contributed by atoms with Gasteiger partial charge in [-0.15, -0.1) is 0 Å². The first-order valence-corrected chi connectivity index (χ1v) is 9.58. The molecule has 0 aliphatic heterocycles. The molecular weight excluding hydrogens is 302 g/mol. The molecule has 0 unspecified atom stereocenters. The van der Waals surface area contributed by atoms with Gasteiger partial charge in [-0.1, -0.05) is 13.8 Å². The average Bonchev–Trinajstić information content (AvgIpc) is 2.25. The Bertz CT molecular complexity index is 678. The summed E-state index contributed by atoms with van der Waals surface area (Å²) < 4.78 is 50.2. The lowest BCUT2D eigenvalue weighted by atomic mass is 10.0. The predicted molar refractivity (Wildman–Crippen MR) is 77.1 cm³/mol. The highest BCUT2D eigenvalue weighted by atomic mass is 32.2. The molecule has 2 N–H and O–H groups in total. The molecule has 114 valence electrons. The van der Waals surface area contributed by atoms with Crippen LogP contribution in [-0.4, -0.2) is 35.5 Å². The van der Waals surface area contributed by atoms with Gasteiger partial charge in [0.1, 0.15) is 12.4 Å². The molecule has 0 amide bonds.